The highest BCUT2D eigenvalue weighted by atomic mass is 16.5. The van der Waals surface area contributed by atoms with Crippen LogP contribution in [0.25, 0.3) is 0 Å². The Morgan fingerprint density at radius 1 is 1.28 bits per heavy atom. The Labute approximate surface area is 146 Å². The van der Waals surface area contributed by atoms with E-state index in [2.05, 4.69) is 0 Å². The largest absolute Gasteiger partial charge is 0.464 e. The maximum absolute atomic E-state index is 13.0. The van der Waals surface area contributed by atoms with Crippen molar-refractivity contribution in [3.8, 4) is 0 Å². The molecule has 1 unspecified atom stereocenters. The molecule has 0 aliphatic carbocycles. The molecule has 2 aromatic rings. The average molecular weight is 346 g/mol. The van der Waals surface area contributed by atoms with Crippen molar-refractivity contribution in [3.63, 3.8) is 0 Å². The lowest BCUT2D eigenvalue weighted by Crippen LogP contribution is -2.40. The minimum absolute atomic E-state index is 0.166. The number of aromatic nitrogens is 1. The van der Waals surface area contributed by atoms with Crippen LogP contribution in [0.15, 0.2) is 22.8 Å². The first-order chi connectivity index (χ1) is 11.7. The lowest BCUT2D eigenvalue weighted by Gasteiger charge is -2.23. The van der Waals surface area contributed by atoms with Crippen LogP contribution in [0.3, 0.4) is 0 Å². The van der Waals surface area contributed by atoms with Crippen molar-refractivity contribution in [2.75, 3.05) is 14.2 Å². The van der Waals surface area contributed by atoms with E-state index in [1.54, 1.807) is 51.6 Å². The average Bonchev–Trinajstić information content (AvgIpc) is 3.20. The molecule has 25 heavy (non-hydrogen) atoms. The minimum atomic E-state index is -0.720. The first-order valence-electron chi connectivity index (χ1n) is 7.81. The fraction of sp³-hybridized carbons (Fsp3) is 0.389. The quantitative estimate of drug-likeness (QED) is 0.613. The third kappa shape index (κ3) is 3.09. The molecule has 0 saturated heterocycles. The molecule has 1 atom stereocenters. The van der Waals surface area contributed by atoms with Gasteiger partial charge in [-0.1, -0.05) is 0 Å². The first kappa shape index (κ1) is 18.5. The molecule has 0 spiro atoms. The van der Waals surface area contributed by atoms with Gasteiger partial charge in [0.25, 0.3) is 5.91 Å². The lowest BCUT2D eigenvalue weighted by molar-refractivity contribution is 0.0588. The number of hydrogen-bond acceptors (Lipinski definition) is 5. The predicted octanol–water partition coefficient (Wildman–Crippen LogP) is 2.36. The molecule has 7 nitrogen and oxygen atoms in total. The van der Waals surface area contributed by atoms with Gasteiger partial charge in [-0.05, 0) is 38.5 Å². The molecule has 0 saturated carbocycles. The summed E-state index contributed by atoms with van der Waals surface area (Å²) in [7, 11) is 4.54. The number of carbonyl (C=O) groups is 3. The second-order valence-electron chi connectivity index (χ2n) is 5.92. The summed E-state index contributed by atoms with van der Waals surface area (Å²) in [6.07, 6.45) is 1.40. The number of likely N-dealkylation sites (N-methyl/N-ethyl adjacent to an activating group) is 1. The topological polar surface area (TPSA) is 81.8 Å². The minimum Gasteiger partial charge on any atom is -0.464 e. The number of esters is 1. The van der Waals surface area contributed by atoms with E-state index in [0.29, 0.717) is 22.5 Å². The van der Waals surface area contributed by atoms with Crippen LogP contribution in [0.2, 0.25) is 0 Å². The van der Waals surface area contributed by atoms with Crippen LogP contribution < -0.4 is 0 Å². The highest BCUT2D eigenvalue weighted by molar-refractivity contribution is 6.07. The van der Waals surface area contributed by atoms with Crippen LogP contribution in [0.4, 0.5) is 0 Å². The SMILES string of the molecule is COC(=O)c1c(C)c(C(=O)C(C)N(C)C(=O)c2ccco2)c(C)n1C. The number of Topliss-reactive ketones (excluding diaryl/α,β-unsaturated/α-hetero) is 1. The zero-order valence-electron chi connectivity index (χ0n) is 15.2. The van der Waals surface area contributed by atoms with Gasteiger partial charge in [-0.25, -0.2) is 4.79 Å². The van der Waals surface area contributed by atoms with Crippen molar-refractivity contribution in [2.45, 2.75) is 26.8 Å². The molecule has 0 aromatic carbocycles. The summed E-state index contributed by atoms with van der Waals surface area (Å²) in [6.45, 7) is 5.11. The fourth-order valence-corrected chi connectivity index (χ4v) is 2.86. The van der Waals surface area contributed by atoms with Gasteiger partial charge in [0, 0.05) is 25.4 Å². The number of hydrogen-bond donors (Lipinski definition) is 0. The molecule has 0 N–H and O–H groups in total. The number of ketones is 1. The zero-order chi connectivity index (χ0) is 18.9. The van der Waals surface area contributed by atoms with Crippen molar-refractivity contribution in [1.82, 2.24) is 9.47 Å². The second kappa shape index (κ2) is 6.96. The Morgan fingerprint density at radius 2 is 1.92 bits per heavy atom. The smallest absolute Gasteiger partial charge is 0.354 e. The van der Waals surface area contributed by atoms with Crippen LogP contribution in [-0.4, -0.2) is 47.3 Å². The van der Waals surface area contributed by atoms with E-state index in [4.69, 9.17) is 9.15 Å². The van der Waals surface area contributed by atoms with Crippen molar-refractivity contribution in [1.29, 1.82) is 0 Å². The molecule has 134 valence electrons. The van der Waals surface area contributed by atoms with Gasteiger partial charge in [0.15, 0.2) is 11.5 Å². The summed E-state index contributed by atoms with van der Waals surface area (Å²) in [4.78, 5) is 38.7. The number of furan rings is 1. The summed E-state index contributed by atoms with van der Waals surface area (Å²) in [6, 6.07) is 2.44. The maximum atomic E-state index is 13.0. The summed E-state index contributed by atoms with van der Waals surface area (Å²) < 4.78 is 11.5. The van der Waals surface area contributed by atoms with Gasteiger partial charge < -0.3 is 18.6 Å². The molecule has 2 heterocycles. The van der Waals surface area contributed by atoms with Gasteiger partial charge in [-0.15, -0.1) is 0 Å². The molecule has 0 bridgehead atoms. The molecular weight excluding hydrogens is 324 g/mol. The van der Waals surface area contributed by atoms with Gasteiger partial charge >= 0.3 is 5.97 Å². The Bertz CT molecular complexity index is 817. The molecule has 7 heteroatoms. The molecule has 0 aliphatic rings. The van der Waals surface area contributed by atoms with Gasteiger partial charge in [-0.3, -0.25) is 9.59 Å². The number of methoxy groups -OCH3 is 1. The monoisotopic (exact) mass is 346 g/mol. The molecule has 0 aliphatic heterocycles. The Morgan fingerprint density at radius 3 is 2.44 bits per heavy atom. The highest BCUT2D eigenvalue weighted by Gasteiger charge is 2.31. The second-order valence-corrected chi connectivity index (χ2v) is 5.92. The van der Waals surface area contributed by atoms with E-state index in [1.807, 2.05) is 0 Å². The molecular formula is C18H22N2O5. The van der Waals surface area contributed by atoms with E-state index in [-0.39, 0.29) is 17.5 Å². The standard InChI is InChI=1S/C18H22N2O5/c1-10-14(11(2)19(4)15(10)18(23)24-6)16(21)12(3)20(5)17(22)13-8-7-9-25-13/h7-9,12H,1-6H3. The zero-order valence-corrected chi connectivity index (χ0v) is 15.2. The lowest BCUT2D eigenvalue weighted by atomic mass is 10.00. The van der Waals surface area contributed by atoms with E-state index in [9.17, 15) is 14.4 Å². The number of ether oxygens (including phenoxy) is 1. The van der Waals surface area contributed by atoms with Gasteiger partial charge in [0.2, 0.25) is 0 Å². The molecule has 2 rings (SSSR count). The number of rotatable bonds is 5. The number of carbonyl (C=O) groups excluding carboxylic acids is 3. The van der Waals surface area contributed by atoms with Crippen molar-refractivity contribution in [2.24, 2.45) is 7.05 Å². The highest BCUT2D eigenvalue weighted by Crippen LogP contribution is 2.24. The van der Waals surface area contributed by atoms with Crippen LogP contribution in [0.5, 0.6) is 0 Å². The van der Waals surface area contributed by atoms with Gasteiger partial charge in [-0.2, -0.15) is 0 Å². The number of nitrogens with zero attached hydrogens (tertiary/aromatic N) is 2. The Balaban J connectivity index is 2.37. The number of amides is 1. The van der Waals surface area contributed by atoms with Crippen LogP contribution in [-0.2, 0) is 11.8 Å². The van der Waals surface area contributed by atoms with E-state index in [0.717, 1.165) is 0 Å². The van der Waals surface area contributed by atoms with Crippen molar-refractivity contribution in [3.05, 3.63) is 46.7 Å². The Kier molecular flexibility index (Phi) is 5.15. The summed E-state index contributed by atoms with van der Waals surface area (Å²) >= 11 is 0. The van der Waals surface area contributed by atoms with E-state index < -0.39 is 12.0 Å². The van der Waals surface area contributed by atoms with E-state index >= 15 is 0 Å². The van der Waals surface area contributed by atoms with E-state index in [1.165, 1.54) is 18.3 Å². The molecule has 0 radical (unpaired) electrons. The molecule has 1 amide bonds. The van der Waals surface area contributed by atoms with Gasteiger partial charge in [0.05, 0.1) is 19.4 Å². The van der Waals surface area contributed by atoms with Gasteiger partial charge in [0.1, 0.15) is 5.69 Å². The normalized spacial score (nSPS) is 11.9. The van der Waals surface area contributed by atoms with Crippen molar-refractivity contribution >= 4 is 17.7 Å². The third-order valence-electron chi connectivity index (χ3n) is 4.57. The maximum Gasteiger partial charge on any atom is 0.354 e. The molecule has 2 aromatic heterocycles. The summed E-state index contributed by atoms with van der Waals surface area (Å²) in [5.74, 6) is -0.970. The van der Waals surface area contributed by atoms with Crippen LogP contribution >= 0.6 is 0 Å². The first-order valence-corrected chi connectivity index (χ1v) is 7.81. The van der Waals surface area contributed by atoms with Crippen molar-refractivity contribution < 1.29 is 23.5 Å². The third-order valence-corrected chi connectivity index (χ3v) is 4.57. The Hall–Kier alpha value is -2.83. The predicted molar refractivity (Wildman–Crippen MR) is 90.8 cm³/mol. The van der Waals surface area contributed by atoms with Crippen LogP contribution in [0.1, 0.15) is 49.6 Å². The van der Waals surface area contributed by atoms with Crippen LogP contribution in [0, 0.1) is 13.8 Å². The summed E-state index contributed by atoms with van der Waals surface area (Å²) in [5, 5.41) is 0. The summed E-state index contributed by atoms with van der Waals surface area (Å²) in [5.41, 5.74) is 1.95. The fourth-order valence-electron chi connectivity index (χ4n) is 2.86. The molecule has 0 fully saturated rings.